The second-order valence-electron chi connectivity index (χ2n) is 12.9. The predicted molar refractivity (Wildman–Crippen MR) is 210 cm³/mol. The lowest BCUT2D eigenvalue weighted by atomic mass is 10.0. The van der Waals surface area contributed by atoms with Crippen LogP contribution < -0.4 is 10.6 Å². The molecule has 0 spiro atoms. The number of aromatic nitrogens is 1. The molecule has 0 amide bonds. The van der Waals surface area contributed by atoms with Gasteiger partial charge < -0.3 is 9.88 Å². The average molecular weight is 661 g/mol. The van der Waals surface area contributed by atoms with Crippen LogP contribution in [0.4, 0.5) is 0 Å². The van der Waals surface area contributed by atoms with Crippen LogP contribution in [0.15, 0.2) is 175 Å². The molecule has 50 heavy (non-hydrogen) atoms. The van der Waals surface area contributed by atoms with E-state index in [4.69, 9.17) is 4.99 Å². The third-order valence-corrected chi connectivity index (χ3v) is 11.1. The van der Waals surface area contributed by atoms with Crippen LogP contribution in [0.5, 0.6) is 0 Å². The average Bonchev–Trinajstić information content (AvgIpc) is 3.75. The van der Waals surface area contributed by atoms with Gasteiger partial charge in [0.2, 0.25) is 0 Å². The Labute approximate surface area is 294 Å². The zero-order valence-electron chi connectivity index (χ0n) is 27.1. The highest BCUT2D eigenvalue weighted by Crippen LogP contribution is 2.43. The van der Waals surface area contributed by atoms with Crippen molar-refractivity contribution >= 4 is 59.2 Å². The number of aliphatic imine (C=N–C) groups is 1. The van der Waals surface area contributed by atoms with Crippen LogP contribution in [-0.2, 0) is 0 Å². The van der Waals surface area contributed by atoms with Gasteiger partial charge in [-0.15, -0.1) is 11.3 Å². The molecule has 4 nitrogen and oxygen atoms in total. The molecular weight excluding hydrogens is 629 g/mol. The van der Waals surface area contributed by atoms with Crippen molar-refractivity contribution in [2.75, 3.05) is 0 Å². The Morgan fingerprint density at radius 3 is 2.08 bits per heavy atom. The lowest BCUT2D eigenvalue weighted by Gasteiger charge is -2.32. The molecule has 0 saturated carbocycles. The van der Waals surface area contributed by atoms with E-state index in [1.807, 2.05) is 11.3 Å². The third-order valence-electron chi connectivity index (χ3n) is 9.86. The van der Waals surface area contributed by atoms with Gasteiger partial charge in [0.05, 0.1) is 15.7 Å². The van der Waals surface area contributed by atoms with Crippen molar-refractivity contribution in [2.24, 2.45) is 4.99 Å². The van der Waals surface area contributed by atoms with Gasteiger partial charge in [-0.3, -0.25) is 5.32 Å². The van der Waals surface area contributed by atoms with E-state index in [2.05, 4.69) is 185 Å². The van der Waals surface area contributed by atoms with Crippen LogP contribution in [0, 0.1) is 0 Å². The van der Waals surface area contributed by atoms with Gasteiger partial charge in [0.25, 0.3) is 0 Å². The summed E-state index contributed by atoms with van der Waals surface area (Å²) in [7, 11) is 0. The Kier molecular flexibility index (Phi) is 6.86. The highest BCUT2D eigenvalue weighted by molar-refractivity contribution is 7.26. The molecule has 2 aromatic heterocycles. The SMILES string of the molecule is c1ccc(-c2cccc(C3N=C(c4cccc(-n5c6ccccc6c6ccc7c8ccccc8sc7c65)c4)NC(c4ccccc4)N3)c2)cc1. The molecule has 0 radical (unpaired) electrons. The second kappa shape index (κ2) is 11.8. The minimum Gasteiger partial charge on any atom is -0.350 e. The van der Waals surface area contributed by atoms with E-state index in [0.29, 0.717) is 0 Å². The Hall–Kier alpha value is -6.01. The standard InChI is InChI=1S/C45H32N4S/c1-3-13-29(14-4-1)31-17-11-18-32(27-31)44-46-43(30-15-5-2-6-16-30)47-45(48-44)33-19-12-20-34(28-33)49-39-23-9-7-21-35(39)37-25-26-38-36-22-8-10-24-40(36)50-42(38)41(37)49/h1-28,43-44,46H,(H,47,48). The first-order chi connectivity index (χ1) is 24.8. The van der Waals surface area contributed by atoms with Gasteiger partial charge in [-0.1, -0.05) is 140 Å². The smallest absolute Gasteiger partial charge is 0.131 e. The molecule has 1 aliphatic heterocycles. The Morgan fingerprint density at radius 1 is 0.520 bits per heavy atom. The molecule has 2 unspecified atom stereocenters. The minimum atomic E-state index is -0.241. The maximum Gasteiger partial charge on any atom is 0.131 e. The summed E-state index contributed by atoms with van der Waals surface area (Å²) >= 11 is 1.88. The summed E-state index contributed by atoms with van der Waals surface area (Å²) in [6, 6.07) is 60.8. The maximum atomic E-state index is 5.35. The van der Waals surface area contributed by atoms with Crippen LogP contribution in [0.1, 0.15) is 29.0 Å². The van der Waals surface area contributed by atoms with Crippen LogP contribution in [-0.4, -0.2) is 10.4 Å². The topological polar surface area (TPSA) is 41.4 Å². The third kappa shape index (κ3) is 4.82. The van der Waals surface area contributed by atoms with Gasteiger partial charge in [-0.25, -0.2) is 4.99 Å². The lowest BCUT2D eigenvalue weighted by molar-refractivity contribution is 0.409. The summed E-state index contributed by atoms with van der Waals surface area (Å²) in [4.78, 5) is 5.35. The lowest BCUT2D eigenvalue weighted by Crippen LogP contribution is -2.45. The first kappa shape index (κ1) is 29.0. The predicted octanol–water partition coefficient (Wildman–Crippen LogP) is 11.2. The maximum absolute atomic E-state index is 5.35. The van der Waals surface area contributed by atoms with E-state index in [-0.39, 0.29) is 12.3 Å². The monoisotopic (exact) mass is 660 g/mol. The van der Waals surface area contributed by atoms with Crippen molar-refractivity contribution in [3.63, 3.8) is 0 Å². The van der Waals surface area contributed by atoms with E-state index >= 15 is 0 Å². The first-order valence-corrected chi connectivity index (χ1v) is 17.9. The van der Waals surface area contributed by atoms with E-state index in [1.165, 1.54) is 53.1 Å². The van der Waals surface area contributed by atoms with Crippen molar-refractivity contribution in [3.8, 4) is 16.8 Å². The van der Waals surface area contributed by atoms with Crippen molar-refractivity contribution in [1.29, 1.82) is 0 Å². The highest BCUT2D eigenvalue weighted by atomic mass is 32.1. The number of benzene rings is 7. The fourth-order valence-electron chi connectivity index (χ4n) is 7.50. The number of fused-ring (bicyclic) bond motifs is 7. The molecule has 10 rings (SSSR count). The summed E-state index contributed by atoms with van der Waals surface area (Å²) in [6.45, 7) is 0. The van der Waals surface area contributed by atoms with E-state index in [0.717, 1.165) is 28.2 Å². The molecule has 2 atom stereocenters. The van der Waals surface area contributed by atoms with Crippen molar-refractivity contribution in [1.82, 2.24) is 15.2 Å². The molecule has 2 N–H and O–H groups in total. The molecule has 7 aromatic carbocycles. The quantitative estimate of drug-likeness (QED) is 0.193. The summed E-state index contributed by atoms with van der Waals surface area (Å²) < 4.78 is 5.07. The summed E-state index contributed by atoms with van der Waals surface area (Å²) in [6.07, 6.45) is -0.362. The minimum absolute atomic E-state index is 0.121. The highest BCUT2D eigenvalue weighted by Gasteiger charge is 2.26. The molecule has 3 heterocycles. The van der Waals surface area contributed by atoms with Crippen LogP contribution in [0.3, 0.4) is 0 Å². The second-order valence-corrected chi connectivity index (χ2v) is 13.9. The molecule has 5 heteroatoms. The molecule has 0 fully saturated rings. The zero-order chi connectivity index (χ0) is 33.0. The number of hydrogen-bond donors (Lipinski definition) is 2. The molecule has 0 bridgehead atoms. The number of thiophene rings is 1. The Balaban J connectivity index is 1.14. The van der Waals surface area contributed by atoms with Crippen molar-refractivity contribution in [2.45, 2.75) is 12.3 Å². The van der Waals surface area contributed by atoms with Crippen molar-refractivity contribution in [3.05, 3.63) is 187 Å². The molecular formula is C45H32N4S. The van der Waals surface area contributed by atoms with Crippen LogP contribution >= 0.6 is 11.3 Å². The van der Waals surface area contributed by atoms with E-state index in [1.54, 1.807) is 0 Å². The van der Waals surface area contributed by atoms with Crippen LogP contribution in [0.2, 0.25) is 0 Å². The van der Waals surface area contributed by atoms with E-state index in [9.17, 15) is 0 Å². The fourth-order valence-corrected chi connectivity index (χ4v) is 8.74. The molecule has 238 valence electrons. The first-order valence-electron chi connectivity index (χ1n) is 17.0. The normalized spacial score (nSPS) is 16.2. The molecule has 0 saturated heterocycles. The summed E-state index contributed by atoms with van der Waals surface area (Å²) in [5, 5.41) is 12.7. The summed E-state index contributed by atoms with van der Waals surface area (Å²) in [5.74, 6) is 0.863. The Morgan fingerprint density at radius 2 is 1.20 bits per heavy atom. The molecule has 1 aliphatic rings. The zero-order valence-corrected chi connectivity index (χ0v) is 27.9. The van der Waals surface area contributed by atoms with Gasteiger partial charge in [0.15, 0.2) is 0 Å². The number of nitrogens with one attached hydrogen (secondary N) is 2. The summed E-state index contributed by atoms with van der Waals surface area (Å²) in [5.41, 5.74) is 9.26. The number of amidine groups is 1. The Bertz CT molecular complexity index is 2720. The molecule has 9 aromatic rings. The van der Waals surface area contributed by atoms with Gasteiger partial charge >= 0.3 is 0 Å². The number of hydrogen-bond acceptors (Lipinski definition) is 4. The largest absolute Gasteiger partial charge is 0.350 e. The van der Waals surface area contributed by atoms with Gasteiger partial charge in [-0.2, -0.15) is 0 Å². The van der Waals surface area contributed by atoms with Crippen molar-refractivity contribution < 1.29 is 0 Å². The number of para-hydroxylation sites is 1. The van der Waals surface area contributed by atoms with Gasteiger partial charge in [0.1, 0.15) is 18.2 Å². The number of nitrogens with zero attached hydrogens (tertiary/aromatic N) is 2. The molecule has 0 aliphatic carbocycles. The van der Waals surface area contributed by atoms with E-state index < -0.39 is 0 Å². The van der Waals surface area contributed by atoms with Gasteiger partial charge in [0, 0.05) is 37.5 Å². The van der Waals surface area contributed by atoms with Gasteiger partial charge in [-0.05, 0) is 52.6 Å². The fraction of sp³-hybridized carbons (Fsp3) is 0.0444. The van der Waals surface area contributed by atoms with Crippen LogP contribution in [0.25, 0.3) is 58.8 Å². The number of rotatable bonds is 5.